The molecule has 1 aromatic carbocycles. The molecule has 0 radical (unpaired) electrons. The smallest absolute Gasteiger partial charge is 0.228 e. The lowest BCUT2D eigenvalue weighted by molar-refractivity contribution is -0.313. The van der Waals surface area contributed by atoms with E-state index in [9.17, 15) is 14.7 Å². The Labute approximate surface area is 121 Å². The topological polar surface area (TPSA) is 69.2 Å². The summed E-state index contributed by atoms with van der Waals surface area (Å²) in [5.41, 5.74) is 0.503. The number of halogens is 1. The molecule has 1 amide bonds. The highest BCUT2D eigenvalue weighted by Crippen LogP contribution is 2.48. The molecule has 4 nitrogen and oxygen atoms in total. The van der Waals surface area contributed by atoms with E-state index in [2.05, 4.69) is 5.32 Å². The molecule has 1 N–H and O–H groups in total. The van der Waals surface area contributed by atoms with Gasteiger partial charge >= 0.3 is 0 Å². The predicted octanol–water partition coefficient (Wildman–Crippen LogP) is 1.47. The molecule has 4 atom stereocenters. The first-order chi connectivity index (χ1) is 9.58. The van der Waals surface area contributed by atoms with E-state index in [1.165, 1.54) is 0 Å². The number of benzene rings is 1. The second kappa shape index (κ2) is 4.94. The number of allylic oxidation sites excluding steroid dienone is 2. The third kappa shape index (κ3) is 2.10. The van der Waals surface area contributed by atoms with E-state index in [0.717, 1.165) is 0 Å². The van der Waals surface area contributed by atoms with Crippen LogP contribution in [0.25, 0.3) is 0 Å². The summed E-state index contributed by atoms with van der Waals surface area (Å²) in [7, 11) is 0. The number of fused-ring (bicyclic) bond motifs is 2. The maximum atomic E-state index is 12.4. The molecule has 3 rings (SSSR count). The standard InChI is InChI=1S/C15H14ClNO3/c16-10-3-1-2-4-11(10)17-14(18)12-8-5-6-9(7-8)13(12)15(19)20/h1-6,8-9,12-13H,7H2,(H,17,18)(H,19,20)/p-1/t8-,9+,12-,13-/m1/s1. The quantitative estimate of drug-likeness (QED) is 0.857. The van der Waals surface area contributed by atoms with Crippen LogP contribution >= 0.6 is 11.6 Å². The Balaban J connectivity index is 1.82. The molecule has 0 saturated heterocycles. The van der Waals surface area contributed by atoms with Gasteiger partial charge in [-0.15, -0.1) is 0 Å². The van der Waals surface area contributed by atoms with Crippen LogP contribution in [-0.2, 0) is 9.59 Å². The summed E-state index contributed by atoms with van der Waals surface area (Å²) in [6, 6.07) is 6.89. The van der Waals surface area contributed by atoms with Crippen molar-refractivity contribution in [3.63, 3.8) is 0 Å². The monoisotopic (exact) mass is 290 g/mol. The van der Waals surface area contributed by atoms with E-state index >= 15 is 0 Å². The third-order valence-electron chi connectivity index (χ3n) is 4.17. The molecular weight excluding hydrogens is 278 g/mol. The molecule has 0 heterocycles. The minimum Gasteiger partial charge on any atom is -0.550 e. The summed E-state index contributed by atoms with van der Waals surface area (Å²) >= 11 is 6.00. The number of hydrogen-bond donors (Lipinski definition) is 1. The number of rotatable bonds is 3. The normalized spacial score (nSPS) is 30.4. The van der Waals surface area contributed by atoms with Crippen molar-refractivity contribution >= 4 is 29.2 Å². The summed E-state index contributed by atoms with van der Waals surface area (Å²) in [5, 5.41) is 14.4. The molecule has 1 fully saturated rings. The fourth-order valence-corrected chi connectivity index (χ4v) is 3.46. The van der Waals surface area contributed by atoms with Gasteiger partial charge in [0, 0.05) is 11.9 Å². The second-order valence-corrected chi connectivity index (χ2v) is 5.70. The highest BCUT2D eigenvalue weighted by atomic mass is 35.5. The summed E-state index contributed by atoms with van der Waals surface area (Å²) in [4.78, 5) is 23.7. The molecule has 2 aliphatic rings. The molecule has 0 spiro atoms. The average Bonchev–Trinajstić information content (AvgIpc) is 3.01. The number of carbonyl (C=O) groups is 2. The van der Waals surface area contributed by atoms with Gasteiger partial charge in [0.25, 0.3) is 0 Å². The van der Waals surface area contributed by atoms with Crippen LogP contribution in [0.3, 0.4) is 0 Å². The zero-order valence-electron chi connectivity index (χ0n) is 10.6. The number of anilines is 1. The molecule has 5 heteroatoms. The maximum Gasteiger partial charge on any atom is 0.228 e. The Hall–Kier alpha value is -1.81. The first-order valence-electron chi connectivity index (χ1n) is 6.52. The van der Waals surface area contributed by atoms with Gasteiger partial charge in [-0.25, -0.2) is 0 Å². The van der Waals surface area contributed by atoms with Crippen molar-refractivity contribution in [3.05, 3.63) is 41.4 Å². The van der Waals surface area contributed by atoms with E-state index in [1.807, 2.05) is 12.2 Å². The van der Waals surface area contributed by atoms with Crippen molar-refractivity contribution in [2.45, 2.75) is 6.42 Å². The van der Waals surface area contributed by atoms with Gasteiger partial charge in [0.05, 0.1) is 16.6 Å². The van der Waals surface area contributed by atoms with Crippen molar-refractivity contribution < 1.29 is 14.7 Å². The minimum atomic E-state index is -1.15. The Morgan fingerprint density at radius 3 is 2.45 bits per heavy atom. The van der Waals surface area contributed by atoms with Crippen LogP contribution in [0.4, 0.5) is 5.69 Å². The van der Waals surface area contributed by atoms with Gasteiger partial charge in [0.2, 0.25) is 5.91 Å². The Morgan fingerprint density at radius 2 is 1.80 bits per heavy atom. The summed E-state index contributed by atoms with van der Waals surface area (Å²) < 4.78 is 0. The maximum absolute atomic E-state index is 12.4. The van der Waals surface area contributed by atoms with Gasteiger partial charge in [-0.1, -0.05) is 35.9 Å². The number of carboxylic acid groups (broad SMARTS) is 1. The third-order valence-corrected chi connectivity index (χ3v) is 4.50. The van der Waals surface area contributed by atoms with Crippen molar-refractivity contribution in [3.8, 4) is 0 Å². The van der Waals surface area contributed by atoms with Crippen molar-refractivity contribution in [1.82, 2.24) is 0 Å². The van der Waals surface area contributed by atoms with Crippen LogP contribution in [0.2, 0.25) is 5.02 Å². The van der Waals surface area contributed by atoms with Crippen molar-refractivity contribution in [1.29, 1.82) is 0 Å². The van der Waals surface area contributed by atoms with E-state index in [0.29, 0.717) is 17.1 Å². The molecule has 104 valence electrons. The number of carbonyl (C=O) groups excluding carboxylic acids is 2. The van der Waals surface area contributed by atoms with E-state index in [-0.39, 0.29) is 17.7 Å². The van der Waals surface area contributed by atoms with E-state index in [4.69, 9.17) is 11.6 Å². The predicted molar refractivity (Wildman–Crippen MR) is 72.8 cm³/mol. The molecule has 2 bridgehead atoms. The first-order valence-corrected chi connectivity index (χ1v) is 6.90. The fraction of sp³-hybridized carbons (Fsp3) is 0.333. The zero-order chi connectivity index (χ0) is 14.3. The summed E-state index contributed by atoms with van der Waals surface area (Å²) in [6.07, 6.45) is 4.52. The van der Waals surface area contributed by atoms with Crippen LogP contribution in [-0.4, -0.2) is 11.9 Å². The van der Waals surface area contributed by atoms with E-state index in [1.54, 1.807) is 24.3 Å². The number of carboxylic acids is 1. The molecular formula is C15H13ClNO3-. The van der Waals surface area contributed by atoms with Crippen LogP contribution in [0.15, 0.2) is 36.4 Å². The summed E-state index contributed by atoms with van der Waals surface area (Å²) in [6.45, 7) is 0. The molecule has 2 aliphatic carbocycles. The number of amides is 1. The van der Waals surface area contributed by atoms with Gasteiger partial charge in [0.1, 0.15) is 0 Å². The lowest BCUT2D eigenvalue weighted by Gasteiger charge is -2.27. The highest BCUT2D eigenvalue weighted by molar-refractivity contribution is 6.33. The molecule has 20 heavy (non-hydrogen) atoms. The minimum absolute atomic E-state index is 0.0228. The van der Waals surface area contributed by atoms with Crippen LogP contribution < -0.4 is 10.4 Å². The largest absolute Gasteiger partial charge is 0.550 e. The summed E-state index contributed by atoms with van der Waals surface area (Å²) in [5.74, 6) is -2.89. The van der Waals surface area contributed by atoms with Gasteiger partial charge in [-0.2, -0.15) is 0 Å². The van der Waals surface area contributed by atoms with Crippen molar-refractivity contribution in [2.75, 3.05) is 5.32 Å². The zero-order valence-corrected chi connectivity index (χ0v) is 11.3. The van der Waals surface area contributed by atoms with Crippen LogP contribution in [0.5, 0.6) is 0 Å². The highest BCUT2D eigenvalue weighted by Gasteiger charge is 2.48. The average molecular weight is 291 g/mol. The molecule has 0 aromatic heterocycles. The van der Waals surface area contributed by atoms with Gasteiger partial charge in [-0.05, 0) is 30.4 Å². The van der Waals surface area contributed by atoms with Crippen molar-refractivity contribution in [2.24, 2.45) is 23.7 Å². The van der Waals surface area contributed by atoms with Crippen LogP contribution in [0, 0.1) is 23.7 Å². The van der Waals surface area contributed by atoms with Crippen LogP contribution in [0.1, 0.15) is 6.42 Å². The van der Waals surface area contributed by atoms with E-state index < -0.39 is 17.8 Å². The number of para-hydroxylation sites is 1. The molecule has 0 aliphatic heterocycles. The number of aliphatic carboxylic acids is 1. The SMILES string of the molecule is O=C(Nc1ccccc1Cl)[C@H]1[C@H](C(=O)[O-])[C@H]2C=C[C@@H]1C2. The van der Waals surface area contributed by atoms with Gasteiger partial charge in [0.15, 0.2) is 0 Å². The van der Waals surface area contributed by atoms with Gasteiger partial charge < -0.3 is 15.2 Å². The molecule has 0 unspecified atom stereocenters. The Bertz CT molecular complexity index is 599. The molecule has 1 saturated carbocycles. The first kappa shape index (κ1) is 13.2. The Kier molecular flexibility index (Phi) is 3.26. The number of nitrogens with one attached hydrogen (secondary N) is 1. The lowest BCUT2D eigenvalue weighted by atomic mass is 9.82. The number of hydrogen-bond acceptors (Lipinski definition) is 3. The lowest BCUT2D eigenvalue weighted by Crippen LogP contribution is -2.42. The molecule has 1 aromatic rings. The Morgan fingerprint density at radius 1 is 1.15 bits per heavy atom. The fourth-order valence-electron chi connectivity index (χ4n) is 3.28. The second-order valence-electron chi connectivity index (χ2n) is 5.29. The van der Waals surface area contributed by atoms with Gasteiger partial charge in [-0.3, -0.25) is 4.79 Å².